The van der Waals surface area contributed by atoms with E-state index in [1.807, 2.05) is 18.2 Å². The van der Waals surface area contributed by atoms with Crippen molar-refractivity contribution >= 4 is 27.0 Å². The van der Waals surface area contributed by atoms with Crippen LogP contribution in [-0.4, -0.2) is 32.4 Å². The lowest BCUT2D eigenvalue weighted by Gasteiger charge is -2.23. The molecule has 0 atom stereocenters. The SMILES string of the molecule is O=c1n(Cc2ccc(-c3nnc(C(F)F)o3)cc2F)c2cc(Br)ccc2n1C1CCNCC1. The van der Waals surface area contributed by atoms with Crippen molar-refractivity contribution in [3.63, 3.8) is 0 Å². The molecule has 2 aromatic heterocycles. The molecule has 4 aromatic rings. The van der Waals surface area contributed by atoms with Gasteiger partial charge in [0.15, 0.2) is 0 Å². The molecule has 1 aliphatic heterocycles. The van der Waals surface area contributed by atoms with Crippen LogP contribution in [0.15, 0.2) is 50.1 Å². The van der Waals surface area contributed by atoms with Gasteiger partial charge in [0.25, 0.3) is 5.89 Å². The predicted octanol–water partition coefficient (Wildman–Crippen LogP) is 4.67. The Morgan fingerprint density at radius 2 is 1.91 bits per heavy atom. The van der Waals surface area contributed by atoms with Gasteiger partial charge in [0.1, 0.15) is 5.82 Å². The van der Waals surface area contributed by atoms with Crippen LogP contribution in [0.25, 0.3) is 22.5 Å². The lowest BCUT2D eigenvalue weighted by atomic mass is 10.1. The number of imidazole rings is 1. The summed E-state index contributed by atoms with van der Waals surface area (Å²) < 4.78 is 49.5. The topological polar surface area (TPSA) is 77.9 Å². The first-order chi connectivity index (χ1) is 15.9. The summed E-state index contributed by atoms with van der Waals surface area (Å²) in [5, 5.41) is 10.1. The molecule has 1 saturated heterocycles. The fraction of sp³-hybridized carbons (Fsp3) is 0.318. The van der Waals surface area contributed by atoms with Crippen LogP contribution < -0.4 is 11.0 Å². The van der Waals surface area contributed by atoms with Crippen molar-refractivity contribution in [3.05, 3.63) is 68.6 Å². The van der Waals surface area contributed by atoms with Gasteiger partial charge in [0, 0.05) is 21.6 Å². The molecule has 3 heterocycles. The molecule has 1 N–H and O–H groups in total. The number of aromatic nitrogens is 4. The number of nitrogens with one attached hydrogen (secondary N) is 1. The normalized spacial score (nSPS) is 15.1. The van der Waals surface area contributed by atoms with E-state index in [9.17, 15) is 18.0 Å². The third kappa shape index (κ3) is 4.10. The van der Waals surface area contributed by atoms with Crippen LogP contribution in [0.4, 0.5) is 13.2 Å². The number of rotatable bonds is 5. The van der Waals surface area contributed by atoms with E-state index in [1.54, 1.807) is 9.13 Å². The number of alkyl halides is 2. The van der Waals surface area contributed by atoms with Crippen LogP contribution in [0.3, 0.4) is 0 Å². The highest BCUT2D eigenvalue weighted by Gasteiger charge is 2.23. The third-order valence-electron chi connectivity index (χ3n) is 5.85. The fourth-order valence-electron chi connectivity index (χ4n) is 4.24. The molecule has 0 unspecified atom stereocenters. The van der Waals surface area contributed by atoms with Crippen molar-refractivity contribution in [1.82, 2.24) is 24.6 Å². The molecule has 172 valence electrons. The van der Waals surface area contributed by atoms with Gasteiger partial charge in [-0.2, -0.15) is 8.78 Å². The summed E-state index contributed by atoms with van der Waals surface area (Å²) in [5.74, 6) is -1.62. The molecule has 0 radical (unpaired) electrons. The monoisotopic (exact) mass is 521 g/mol. The fourth-order valence-corrected chi connectivity index (χ4v) is 4.59. The zero-order chi connectivity index (χ0) is 23.1. The zero-order valence-corrected chi connectivity index (χ0v) is 18.9. The van der Waals surface area contributed by atoms with Crippen LogP contribution in [0.2, 0.25) is 0 Å². The summed E-state index contributed by atoms with van der Waals surface area (Å²) >= 11 is 3.46. The second kappa shape index (κ2) is 8.79. The van der Waals surface area contributed by atoms with Crippen LogP contribution in [-0.2, 0) is 6.54 Å². The van der Waals surface area contributed by atoms with E-state index in [4.69, 9.17) is 4.42 Å². The number of piperidine rings is 1. The molecule has 0 amide bonds. The Kier molecular flexibility index (Phi) is 5.83. The molecule has 33 heavy (non-hydrogen) atoms. The standard InChI is InChI=1S/C22H19BrF3N5O2/c23-14-3-4-17-18(10-14)30(22(32)31(17)15-5-7-27-8-6-15)11-13-2-1-12(9-16(13)24)20-28-29-21(33-20)19(25)26/h1-4,9-10,15,19,27H,5-8,11H2. The number of fused-ring (bicyclic) bond motifs is 1. The second-order valence-corrected chi connectivity index (χ2v) is 8.82. The van der Waals surface area contributed by atoms with Crippen molar-refractivity contribution in [2.45, 2.75) is 31.9 Å². The van der Waals surface area contributed by atoms with Gasteiger partial charge in [0.2, 0.25) is 5.89 Å². The molecule has 1 fully saturated rings. The minimum atomic E-state index is -2.90. The first-order valence-electron chi connectivity index (χ1n) is 10.4. The van der Waals surface area contributed by atoms with Gasteiger partial charge in [-0.3, -0.25) is 9.13 Å². The van der Waals surface area contributed by atoms with Crippen LogP contribution in [0.1, 0.15) is 36.8 Å². The lowest BCUT2D eigenvalue weighted by Crippen LogP contribution is -2.35. The van der Waals surface area contributed by atoms with Crippen LogP contribution >= 0.6 is 15.9 Å². The zero-order valence-electron chi connectivity index (χ0n) is 17.3. The van der Waals surface area contributed by atoms with Crippen molar-refractivity contribution in [2.75, 3.05) is 13.1 Å². The summed E-state index contributed by atoms with van der Waals surface area (Å²) in [4.78, 5) is 13.4. The van der Waals surface area contributed by atoms with Gasteiger partial charge in [-0.25, -0.2) is 9.18 Å². The average Bonchev–Trinajstić information content (AvgIpc) is 3.40. The molecule has 2 aromatic carbocycles. The number of hydrogen-bond donors (Lipinski definition) is 1. The van der Waals surface area contributed by atoms with Crippen LogP contribution in [0.5, 0.6) is 0 Å². The van der Waals surface area contributed by atoms with E-state index in [0.29, 0.717) is 5.52 Å². The quantitative estimate of drug-likeness (QED) is 0.413. The summed E-state index contributed by atoms with van der Waals surface area (Å²) in [6.45, 7) is 1.68. The Hall–Kier alpha value is -2.92. The van der Waals surface area contributed by atoms with Gasteiger partial charge in [-0.05, 0) is 56.3 Å². The molecule has 11 heteroatoms. The third-order valence-corrected chi connectivity index (χ3v) is 6.35. The molecule has 0 aliphatic carbocycles. The summed E-state index contributed by atoms with van der Waals surface area (Å²) in [7, 11) is 0. The maximum atomic E-state index is 15.0. The average molecular weight is 522 g/mol. The van der Waals surface area contributed by atoms with Gasteiger partial charge in [0.05, 0.1) is 17.6 Å². The minimum Gasteiger partial charge on any atom is -0.415 e. The van der Waals surface area contributed by atoms with Gasteiger partial charge in [-0.15, -0.1) is 10.2 Å². The Labute approximate surface area is 194 Å². The molecular weight excluding hydrogens is 503 g/mol. The highest BCUT2D eigenvalue weighted by molar-refractivity contribution is 9.10. The van der Waals surface area contributed by atoms with Crippen molar-refractivity contribution < 1.29 is 17.6 Å². The number of halogens is 4. The Morgan fingerprint density at radius 3 is 2.61 bits per heavy atom. The summed E-state index contributed by atoms with van der Waals surface area (Å²) in [5.41, 5.74) is 1.77. The maximum Gasteiger partial charge on any atom is 0.329 e. The summed E-state index contributed by atoms with van der Waals surface area (Å²) in [6.07, 6.45) is -1.23. The molecule has 0 spiro atoms. The number of nitrogens with zero attached hydrogens (tertiary/aromatic N) is 4. The molecular formula is C22H19BrF3N5O2. The molecule has 0 saturated carbocycles. The molecule has 1 aliphatic rings. The van der Waals surface area contributed by atoms with Crippen molar-refractivity contribution in [3.8, 4) is 11.5 Å². The Balaban J connectivity index is 1.53. The smallest absolute Gasteiger partial charge is 0.329 e. The van der Waals surface area contributed by atoms with E-state index in [0.717, 1.165) is 42.0 Å². The van der Waals surface area contributed by atoms with Gasteiger partial charge >= 0.3 is 12.1 Å². The molecule has 7 nitrogen and oxygen atoms in total. The van der Waals surface area contributed by atoms with E-state index in [1.165, 1.54) is 12.1 Å². The number of benzene rings is 2. The van der Waals surface area contributed by atoms with Crippen molar-refractivity contribution in [1.29, 1.82) is 0 Å². The first-order valence-corrected chi connectivity index (χ1v) is 11.2. The van der Waals surface area contributed by atoms with E-state index in [2.05, 4.69) is 31.4 Å². The minimum absolute atomic E-state index is 0.0159. The van der Waals surface area contributed by atoms with Gasteiger partial charge < -0.3 is 9.73 Å². The predicted molar refractivity (Wildman–Crippen MR) is 119 cm³/mol. The maximum absolute atomic E-state index is 15.0. The van der Waals surface area contributed by atoms with E-state index < -0.39 is 18.1 Å². The highest BCUT2D eigenvalue weighted by atomic mass is 79.9. The number of hydrogen-bond acceptors (Lipinski definition) is 5. The lowest BCUT2D eigenvalue weighted by molar-refractivity contribution is 0.116. The van der Waals surface area contributed by atoms with E-state index in [-0.39, 0.29) is 35.3 Å². The second-order valence-electron chi connectivity index (χ2n) is 7.91. The molecule has 5 rings (SSSR count). The summed E-state index contributed by atoms with van der Waals surface area (Å²) in [6, 6.07) is 9.85. The highest BCUT2D eigenvalue weighted by Crippen LogP contribution is 2.28. The van der Waals surface area contributed by atoms with Gasteiger partial charge in [-0.1, -0.05) is 22.0 Å². The largest absolute Gasteiger partial charge is 0.415 e. The Morgan fingerprint density at radius 1 is 1.12 bits per heavy atom. The van der Waals surface area contributed by atoms with Crippen LogP contribution in [0, 0.1) is 5.82 Å². The van der Waals surface area contributed by atoms with Crippen molar-refractivity contribution in [2.24, 2.45) is 0 Å². The Bertz CT molecular complexity index is 1370. The first kappa shape index (κ1) is 21.9. The molecule has 0 bridgehead atoms. The van der Waals surface area contributed by atoms with E-state index >= 15 is 0 Å².